The third-order valence-corrected chi connectivity index (χ3v) is 4.14. The summed E-state index contributed by atoms with van der Waals surface area (Å²) in [7, 11) is 0. The van der Waals surface area contributed by atoms with Crippen LogP contribution in [-0.2, 0) is 13.0 Å². The Morgan fingerprint density at radius 2 is 2.05 bits per heavy atom. The molecule has 3 nitrogen and oxygen atoms in total. The SMILES string of the molecule is Cc1nn(CCN[C@@H](C)Cc2ccccc2F)c(C)c1Cl. The van der Waals surface area contributed by atoms with E-state index in [1.807, 2.05) is 30.7 Å². The fourth-order valence-corrected chi connectivity index (χ4v) is 2.51. The molecule has 2 rings (SSSR count). The Morgan fingerprint density at radius 1 is 1.33 bits per heavy atom. The monoisotopic (exact) mass is 309 g/mol. The summed E-state index contributed by atoms with van der Waals surface area (Å²) in [4.78, 5) is 0. The highest BCUT2D eigenvalue weighted by atomic mass is 35.5. The first-order chi connectivity index (χ1) is 9.99. The first-order valence-electron chi connectivity index (χ1n) is 7.15. The fraction of sp³-hybridized carbons (Fsp3) is 0.438. The van der Waals surface area contributed by atoms with Crippen molar-refractivity contribution in [2.24, 2.45) is 0 Å². The summed E-state index contributed by atoms with van der Waals surface area (Å²) in [6, 6.07) is 7.11. The van der Waals surface area contributed by atoms with E-state index in [1.54, 1.807) is 6.07 Å². The second-order valence-electron chi connectivity index (χ2n) is 5.36. The molecule has 0 aliphatic carbocycles. The Kier molecular flexibility index (Phi) is 5.37. The van der Waals surface area contributed by atoms with Crippen LogP contribution in [0, 0.1) is 19.7 Å². The Balaban J connectivity index is 1.83. The maximum absolute atomic E-state index is 13.6. The fourth-order valence-electron chi connectivity index (χ4n) is 2.38. The summed E-state index contributed by atoms with van der Waals surface area (Å²) in [6.07, 6.45) is 0.671. The highest BCUT2D eigenvalue weighted by Gasteiger charge is 2.10. The number of rotatable bonds is 6. The van der Waals surface area contributed by atoms with Gasteiger partial charge in [-0.2, -0.15) is 5.10 Å². The van der Waals surface area contributed by atoms with Crippen LogP contribution in [0.25, 0.3) is 0 Å². The first kappa shape index (κ1) is 16.0. The molecule has 0 spiro atoms. The molecule has 0 radical (unpaired) electrons. The Labute approximate surface area is 130 Å². The van der Waals surface area contributed by atoms with Gasteiger partial charge in [0.25, 0.3) is 0 Å². The van der Waals surface area contributed by atoms with Gasteiger partial charge >= 0.3 is 0 Å². The topological polar surface area (TPSA) is 29.9 Å². The molecule has 1 aromatic heterocycles. The van der Waals surface area contributed by atoms with Crippen molar-refractivity contribution in [3.8, 4) is 0 Å². The van der Waals surface area contributed by atoms with Crippen LogP contribution in [0.5, 0.6) is 0 Å². The average molecular weight is 310 g/mol. The van der Waals surface area contributed by atoms with Crippen molar-refractivity contribution < 1.29 is 4.39 Å². The van der Waals surface area contributed by atoms with Crippen LogP contribution in [0.15, 0.2) is 24.3 Å². The summed E-state index contributed by atoms with van der Waals surface area (Å²) < 4.78 is 15.5. The van der Waals surface area contributed by atoms with Crippen LogP contribution in [0.2, 0.25) is 5.02 Å². The Hall–Kier alpha value is -1.39. The smallest absolute Gasteiger partial charge is 0.126 e. The molecule has 0 bridgehead atoms. The van der Waals surface area contributed by atoms with Crippen LogP contribution in [0.1, 0.15) is 23.9 Å². The first-order valence-corrected chi connectivity index (χ1v) is 7.53. The Bertz CT molecular complexity index is 610. The summed E-state index contributed by atoms with van der Waals surface area (Å²) in [6.45, 7) is 7.45. The van der Waals surface area contributed by atoms with Gasteiger partial charge in [0, 0.05) is 12.6 Å². The molecule has 5 heteroatoms. The molecule has 0 aliphatic heterocycles. The summed E-state index contributed by atoms with van der Waals surface area (Å²) in [5.74, 6) is -0.142. The van der Waals surface area contributed by atoms with Gasteiger partial charge in [0.15, 0.2) is 0 Å². The van der Waals surface area contributed by atoms with E-state index >= 15 is 0 Å². The van der Waals surface area contributed by atoms with Crippen LogP contribution >= 0.6 is 11.6 Å². The van der Waals surface area contributed by atoms with Crippen LogP contribution in [0.3, 0.4) is 0 Å². The highest BCUT2D eigenvalue weighted by Crippen LogP contribution is 2.18. The van der Waals surface area contributed by atoms with Crippen LogP contribution in [-0.4, -0.2) is 22.4 Å². The van der Waals surface area contributed by atoms with Crippen molar-refractivity contribution in [2.75, 3.05) is 6.54 Å². The molecule has 0 unspecified atom stereocenters. The minimum Gasteiger partial charge on any atom is -0.312 e. The number of hydrogen-bond donors (Lipinski definition) is 1. The summed E-state index contributed by atoms with van der Waals surface area (Å²) in [5.41, 5.74) is 2.58. The largest absolute Gasteiger partial charge is 0.312 e. The highest BCUT2D eigenvalue weighted by molar-refractivity contribution is 6.31. The third kappa shape index (κ3) is 4.05. The van der Waals surface area contributed by atoms with E-state index in [0.717, 1.165) is 35.1 Å². The van der Waals surface area contributed by atoms with E-state index in [-0.39, 0.29) is 11.9 Å². The van der Waals surface area contributed by atoms with E-state index in [0.29, 0.717) is 6.42 Å². The molecule has 0 saturated carbocycles. The number of hydrogen-bond acceptors (Lipinski definition) is 2. The van der Waals surface area contributed by atoms with Gasteiger partial charge in [-0.15, -0.1) is 0 Å². The van der Waals surface area contributed by atoms with Crippen molar-refractivity contribution in [2.45, 2.75) is 39.8 Å². The van der Waals surface area contributed by atoms with E-state index in [9.17, 15) is 4.39 Å². The number of benzene rings is 1. The van der Waals surface area contributed by atoms with Crippen molar-refractivity contribution in [3.05, 3.63) is 52.1 Å². The van der Waals surface area contributed by atoms with Gasteiger partial charge in [-0.25, -0.2) is 4.39 Å². The van der Waals surface area contributed by atoms with Gasteiger partial charge in [0.1, 0.15) is 5.82 Å². The quantitative estimate of drug-likeness (QED) is 0.885. The lowest BCUT2D eigenvalue weighted by molar-refractivity contribution is 0.481. The second-order valence-corrected chi connectivity index (χ2v) is 5.74. The number of aryl methyl sites for hydroxylation is 1. The lowest BCUT2D eigenvalue weighted by Crippen LogP contribution is -2.31. The van der Waals surface area contributed by atoms with E-state index in [4.69, 9.17) is 11.6 Å². The molecule has 1 aromatic carbocycles. The van der Waals surface area contributed by atoms with Crippen molar-refractivity contribution in [1.29, 1.82) is 0 Å². The molecule has 1 heterocycles. The molecule has 0 amide bonds. The predicted octanol–water partition coefficient (Wildman–Crippen LogP) is 3.51. The van der Waals surface area contributed by atoms with E-state index in [1.165, 1.54) is 6.07 Å². The predicted molar refractivity (Wildman–Crippen MR) is 84.3 cm³/mol. The molecule has 0 aliphatic rings. The Morgan fingerprint density at radius 3 is 2.67 bits per heavy atom. The number of nitrogens with zero attached hydrogens (tertiary/aromatic N) is 2. The van der Waals surface area contributed by atoms with Crippen LogP contribution in [0.4, 0.5) is 4.39 Å². The zero-order chi connectivity index (χ0) is 15.4. The maximum atomic E-state index is 13.6. The molecule has 1 N–H and O–H groups in total. The number of aromatic nitrogens is 2. The van der Waals surface area contributed by atoms with Gasteiger partial charge in [-0.3, -0.25) is 4.68 Å². The van der Waals surface area contributed by atoms with Gasteiger partial charge in [0.2, 0.25) is 0 Å². The zero-order valence-corrected chi connectivity index (χ0v) is 13.4. The third-order valence-electron chi connectivity index (χ3n) is 3.59. The summed E-state index contributed by atoms with van der Waals surface area (Å²) in [5, 5.41) is 8.51. The second kappa shape index (κ2) is 7.05. The average Bonchev–Trinajstić information content (AvgIpc) is 2.69. The van der Waals surface area contributed by atoms with Gasteiger partial charge in [-0.1, -0.05) is 29.8 Å². The summed E-state index contributed by atoms with van der Waals surface area (Å²) >= 11 is 6.12. The minimum atomic E-state index is -0.142. The van der Waals surface area contributed by atoms with Crippen molar-refractivity contribution in [3.63, 3.8) is 0 Å². The minimum absolute atomic E-state index is 0.142. The maximum Gasteiger partial charge on any atom is 0.126 e. The molecule has 0 fully saturated rings. The van der Waals surface area contributed by atoms with Crippen molar-refractivity contribution >= 4 is 11.6 Å². The normalized spacial score (nSPS) is 12.6. The molecule has 1 atom stereocenters. The number of halogens is 2. The lowest BCUT2D eigenvalue weighted by atomic mass is 10.1. The molecule has 21 heavy (non-hydrogen) atoms. The molecule has 2 aromatic rings. The molecule has 114 valence electrons. The molecular formula is C16H21ClFN3. The standard InChI is InChI=1S/C16H21ClFN3/c1-11(10-14-6-4-5-7-15(14)18)19-8-9-21-13(3)16(17)12(2)20-21/h4-7,11,19H,8-10H2,1-3H3/t11-/m0/s1. The van der Waals surface area contributed by atoms with Crippen LogP contribution < -0.4 is 5.32 Å². The van der Waals surface area contributed by atoms with Gasteiger partial charge in [0.05, 0.1) is 23.0 Å². The number of nitrogens with one attached hydrogen (secondary N) is 1. The molecule has 0 saturated heterocycles. The lowest BCUT2D eigenvalue weighted by Gasteiger charge is -2.14. The zero-order valence-electron chi connectivity index (χ0n) is 12.7. The molecular weight excluding hydrogens is 289 g/mol. The van der Waals surface area contributed by atoms with E-state index < -0.39 is 0 Å². The van der Waals surface area contributed by atoms with Gasteiger partial charge in [-0.05, 0) is 38.8 Å². The van der Waals surface area contributed by atoms with Gasteiger partial charge < -0.3 is 5.32 Å². The van der Waals surface area contributed by atoms with Crippen molar-refractivity contribution in [1.82, 2.24) is 15.1 Å². The van der Waals surface area contributed by atoms with E-state index in [2.05, 4.69) is 17.3 Å².